The molecule has 0 saturated carbocycles. The highest BCUT2D eigenvalue weighted by Crippen LogP contribution is 2.29. The van der Waals surface area contributed by atoms with Gasteiger partial charge < -0.3 is 10.6 Å². The van der Waals surface area contributed by atoms with Crippen LogP contribution in [0.3, 0.4) is 0 Å². The molecule has 132 valence electrons. The number of halogens is 3. The van der Waals surface area contributed by atoms with Crippen molar-refractivity contribution < 1.29 is 13.2 Å². The molecule has 0 aliphatic carbocycles. The molecule has 2 aromatic rings. The number of thiazole rings is 1. The maximum atomic E-state index is 12.5. The minimum atomic E-state index is -4.40. The van der Waals surface area contributed by atoms with Crippen molar-refractivity contribution >= 4 is 17.3 Å². The minimum Gasteiger partial charge on any atom is -0.356 e. The van der Waals surface area contributed by atoms with Gasteiger partial charge in [0.2, 0.25) is 0 Å². The fourth-order valence-electron chi connectivity index (χ4n) is 2.00. The maximum absolute atomic E-state index is 12.5. The monoisotopic (exact) mass is 360 g/mol. The fourth-order valence-corrected chi connectivity index (χ4v) is 2.74. The van der Waals surface area contributed by atoms with Gasteiger partial charge >= 0.3 is 6.18 Å². The van der Waals surface area contributed by atoms with Crippen LogP contribution in [0.4, 0.5) is 13.2 Å². The topological polar surface area (TPSA) is 67.1 Å². The van der Waals surface area contributed by atoms with Crippen molar-refractivity contribution in [3.05, 3.63) is 34.0 Å². The molecule has 0 fully saturated rings. The Hall–Kier alpha value is -2.10. The van der Waals surface area contributed by atoms with Crippen LogP contribution in [0.15, 0.2) is 22.8 Å². The molecule has 0 bridgehead atoms. The molecule has 0 aromatic carbocycles. The van der Waals surface area contributed by atoms with Gasteiger partial charge in [-0.2, -0.15) is 18.3 Å². The van der Waals surface area contributed by atoms with Crippen molar-refractivity contribution in [1.29, 1.82) is 0 Å². The van der Waals surface area contributed by atoms with Gasteiger partial charge in [0.05, 0.1) is 12.7 Å². The number of hydrogen-bond acceptors (Lipinski definition) is 4. The lowest BCUT2D eigenvalue weighted by Crippen LogP contribution is -2.37. The summed E-state index contributed by atoms with van der Waals surface area (Å²) in [6, 6.07) is 0. The van der Waals surface area contributed by atoms with E-state index in [9.17, 15) is 13.2 Å². The van der Waals surface area contributed by atoms with Gasteiger partial charge in [-0.05, 0) is 18.4 Å². The van der Waals surface area contributed by atoms with Crippen LogP contribution >= 0.6 is 11.3 Å². The van der Waals surface area contributed by atoms with E-state index >= 15 is 0 Å². The first kappa shape index (κ1) is 18.2. The van der Waals surface area contributed by atoms with Crippen LogP contribution in [0.2, 0.25) is 0 Å². The molecular formula is C14H19F3N6S. The third-order valence-corrected chi connectivity index (χ3v) is 4.01. The Morgan fingerprint density at radius 2 is 2.17 bits per heavy atom. The van der Waals surface area contributed by atoms with Gasteiger partial charge in [0.15, 0.2) is 11.7 Å². The van der Waals surface area contributed by atoms with Crippen molar-refractivity contribution in [1.82, 2.24) is 25.4 Å². The van der Waals surface area contributed by atoms with E-state index in [0.29, 0.717) is 17.5 Å². The number of aryl methyl sites for hydroxylation is 2. The molecule has 10 heteroatoms. The molecule has 0 amide bonds. The first-order chi connectivity index (χ1) is 11.4. The molecule has 0 aliphatic heterocycles. The predicted octanol–water partition coefficient (Wildman–Crippen LogP) is 2.19. The molecule has 2 aromatic heterocycles. The molecule has 0 atom stereocenters. The quantitative estimate of drug-likeness (QED) is 0.471. The number of guanidine groups is 1. The van der Waals surface area contributed by atoms with Crippen molar-refractivity contribution in [3.8, 4) is 0 Å². The lowest BCUT2D eigenvalue weighted by atomic mass is 10.2. The van der Waals surface area contributed by atoms with Crippen molar-refractivity contribution in [3.63, 3.8) is 0 Å². The number of aromatic nitrogens is 3. The van der Waals surface area contributed by atoms with Crippen molar-refractivity contribution in [2.24, 2.45) is 12.0 Å². The predicted molar refractivity (Wildman–Crippen MR) is 86.8 cm³/mol. The van der Waals surface area contributed by atoms with Crippen LogP contribution in [0.5, 0.6) is 0 Å². The van der Waals surface area contributed by atoms with Crippen molar-refractivity contribution in [2.45, 2.75) is 25.6 Å². The van der Waals surface area contributed by atoms with Crippen LogP contribution < -0.4 is 10.6 Å². The smallest absolute Gasteiger partial charge is 0.356 e. The summed E-state index contributed by atoms with van der Waals surface area (Å²) < 4.78 is 39.2. The van der Waals surface area contributed by atoms with E-state index in [1.807, 2.05) is 19.4 Å². The van der Waals surface area contributed by atoms with E-state index in [1.165, 1.54) is 0 Å². The number of rotatable bonds is 6. The zero-order chi connectivity index (χ0) is 17.6. The molecule has 6 nitrogen and oxygen atoms in total. The Morgan fingerprint density at radius 1 is 1.38 bits per heavy atom. The summed E-state index contributed by atoms with van der Waals surface area (Å²) in [4.78, 5) is 7.61. The zero-order valence-electron chi connectivity index (χ0n) is 13.4. The van der Waals surface area contributed by atoms with E-state index < -0.39 is 11.9 Å². The third kappa shape index (κ3) is 5.52. The highest BCUT2D eigenvalue weighted by Gasteiger charge is 2.33. The summed E-state index contributed by atoms with van der Waals surface area (Å²) in [6.07, 6.45) is 1.17. The van der Waals surface area contributed by atoms with E-state index in [4.69, 9.17) is 0 Å². The summed E-state index contributed by atoms with van der Waals surface area (Å²) in [5.74, 6) is 0.532. The van der Waals surface area contributed by atoms with Crippen LogP contribution in [-0.2, 0) is 26.2 Å². The SMILES string of the molecule is CN=C(NCCCc1cnn(C)c1)NCc1nc(C(F)(F)F)cs1. The standard InChI is InChI=1S/C14H19F3N6S/c1-18-13(19-5-3-4-10-6-21-23(2)8-10)20-7-12-22-11(9-24-12)14(15,16)17/h6,8-9H,3-5,7H2,1-2H3,(H2,18,19,20). The van der Waals surface area contributed by atoms with E-state index in [-0.39, 0.29) is 6.54 Å². The summed E-state index contributed by atoms with van der Waals surface area (Å²) in [6.45, 7) is 0.892. The number of nitrogens with one attached hydrogen (secondary N) is 2. The summed E-state index contributed by atoms with van der Waals surface area (Å²) >= 11 is 0.971. The van der Waals surface area contributed by atoms with Gasteiger partial charge in [-0.1, -0.05) is 0 Å². The number of aliphatic imine (C=N–C) groups is 1. The lowest BCUT2D eigenvalue weighted by molar-refractivity contribution is -0.140. The lowest BCUT2D eigenvalue weighted by Gasteiger charge is -2.10. The van der Waals surface area contributed by atoms with Gasteiger partial charge in [-0.25, -0.2) is 4.98 Å². The van der Waals surface area contributed by atoms with Crippen LogP contribution in [0.1, 0.15) is 22.7 Å². The molecule has 2 heterocycles. The van der Waals surface area contributed by atoms with E-state index in [0.717, 1.165) is 35.1 Å². The van der Waals surface area contributed by atoms with Gasteiger partial charge in [0.25, 0.3) is 0 Å². The molecule has 2 rings (SSSR count). The largest absolute Gasteiger partial charge is 0.434 e. The summed E-state index contributed by atoms with van der Waals surface area (Å²) in [5, 5.41) is 11.6. The van der Waals surface area contributed by atoms with Gasteiger partial charge in [-0.15, -0.1) is 11.3 Å². The van der Waals surface area contributed by atoms with E-state index in [2.05, 4.69) is 25.7 Å². The van der Waals surface area contributed by atoms with Gasteiger partial charge in [0.1, 0.15) is 5.01 Å². The first-order valence-electron chi connectivity index (χ1n) is 7.32. The maximum Gasteiger partial charge on any atom is 0.434 e. The average Bonchev–Trinajstić information content (AvgIpc) is 3.15. The number of alkyl halides is 3. The molecule has 2 N–H and O–H groups in total. The normalized spacial score (nSPS) is 12.5. The molecule has 0 unspecified atom stereocenters. The highest BCUT2D eigenvalue weighted by atomic mass is 32.1. The molecule has 0 aliphatic rings. The second-order valence-corrected chi connectivity index (χ2v) is 6.05. The van der Waals surface area contributed by atoms with Crippen LogP contribution in [-0.4, -0.2) is 34.3 Å². The Kier molecular flexibility index (Phi) is 6.18. The van der Waals surface area contributed by atoms with Crippen LogP contribution in [0.25, 0.3) is 0 Å². The molecule has 0 saturated heterocycles. The fraction of sp³-hybridized carbons (Fsp3) is 0.500. The second kappa shape index (κ2) is 8.13. The first-order valence-corrected chi connectivity index (χ1v) is 8.20. The number of nitrogens with zero attached hydrogens (tertiary/aromatic N) is 4. The van der Waals surface area contributed by atoms with Gasteiger partial charge in [-0.3, -0.25) is 9.67 Å². The van der Waals surface area contributed by atoms with Gasteiger partial charge in [0, 0.05) is 32.2 Å². The number of hydrogen-bond donors (Lipinski definition) is 2. The molecule has 0 radical (unpaired) electrons. The third-order valence-electron chi connectivity index (χ3n) is 3.17. The highest BCUT2D eigenvalue weighted by molar-refractivity contribution is 7.09. The Labute approximate surface area is 141 Å². The summed E-state index contributed by atoms with van der Waals surface area (Å²) in [5.41, 5.74) is 0.299. The van der Waals surface area contributed by atoms with Crippen molar-refractivity contribution in [2.75, 3.05) is 13.6 Å². The molecule has 0 spiro atoms. The van der Waals surface area contributed by atoms with E-state index in [1.54, 1.807) is 11.7 Å². The Bertz CT molecular complexity index is 676. The second-order valence-electron chi connectivity index (χ2n) is 5.10. The molecule has 24 heavy (non-hydrogen) atoms. The molecular weight excluding hydrogens is 341 g/mol. The minimum absolute atomic E-state index is 0.197. The van der Waals surface area contributed by atoms with Crippen LogP contribution in [0, 0.1) is 0 Å². The Morgan fingerprint density at radius 3 is 2.75 bits per heavy atom. The average molecular weight is 360 g/mol. The zero-order valence-corrected chi connectivity index (χ0v) is 14.2. The summed E-state index contributed by atoms with van der Waals surface area (Å²) in [7, 11) is 3.48. The Balaban J connectivity index is 1.71.